The molecule has 0 unspecified atom stereocenters. The Kier molecular flexibility index (Phi) is 17.7. The number of carbonyl (C=O) groups excluding carboxylic acids is 3. The van der Waals surface area contributed by atoms with Crippen LogP contribution in [-0.2, 0) is 65.8 Å². The molecule has 0 spiro atoms. The number of rotatable bonds is 7. The van der Waals surface area contributed by atoms with Crippen molar-refractivity contribution in [3.63, 3.8) is 0 Å². The number of hydrogen-bond donors (Lipinski definition) is 0. The van der Waals surface area contributed by atoms with Crippen LogP contribution in [0.25, 0.3) is 0 Å². The van der Waals surface area contributed by atoms with E-state index in [1.54, 1.807) is 0 Å². The summed E-state index contributed by atoms with van der Waals surface area (Å²) in [7, 11) is 0. The van der Waals surface area contributed by atoms with E-state index in [0.717, 1.165) is 20.1 Å². The molecule has 2 aliphatic heterocycles. The van der Waals surface area contributed by atoms with E-state index >= 15 is 0 Å². The van der Waals surface area contributed by atoms with Gasteiger partial charge in [-0.3, -0.25) is 14.4 Å². The quantitative estimate of drug-likeness (QED) is 0.0607. The van der Waals surface area contributed by atoms with E-state index in [0.29, 0.717) is 24.3 Å². The third-order valence-electron chi connectivity index (χ3n) is 8.19. The molecule has 11 nitrogen and oxygen atoms in total. The Morgan fingerprint density at radius 1 is 0.627 bits per heavy atom. The number of aromatic nitrogens is 6. The molecule has 59 heavy (non-hydrogen) atoms. The zero-order valence-corrected chi connectivity index (χ0v) is 34.7. The summed E-state index contributed by atoms with van der Waals surface area (Å²) >= 11 is 4.24. The van der Waals surface area contributed by atoms with Crippen LogP contribution in [0.1, 0.15) is 54.7 Å². The summed E-state index contributed by atoms with van der Waals surface area (Å²) in [6.07, 6.45) is -8.41. The lowest BCUT2D eigenvalue weighted by Gasteiger charge is -2.27. The molecule has 2 amide bonds. The number of allylic oxidation sites excluding steroid dienone is 1. The number of alkyl halides is 6. The highest BCUT2D eigenvalue weighted by molar-refractivity contribution is 15.0. The second-order valence-corrected chi connectivity index (χ2v) is 12.0. The van der Waals surface area contributed by atoms with Crippen molar-refractivity contribution >= 4 is 54.8 Å². The maximum Gasteiger partial charge on any atom is 0.451 e. The zero-order valence-electron chi connectivity index (χ0n) is 30.4. The van der Waals surface area contributed by atoms with Crippen molar-refractivity contribution < 1.29 is 67.1 Å². The number of carbonyl (C=O) groups is 3. The van der Waals surface area contributed by atoms with Gasteiger partial charge >= 0.3 is 12.4 Å². The second-order valence-electron chi connectivity index (χ2n) is 12.0. The van der Waals surface area contributed by atoms with Crippen LogP contribution in [0.4, 0.5) is 52.7 Å². The van der Waals surface area contributed by atoms with Crippen LogP contribution >= 0.6 is 37.2 Å². The first kappa shape index (κ1) is 49.1. The van der Waals surface area contributed by atoms with Crippen LogP contribution in [-0.4, -0.2) is 70.0 Å². The van der Waals surface area contributed by atoms with Gasteiger partial charge in [-0.2, -0.15) is 26.3 Å². The number of ketones is 1. The number of halogens is 14. The van der Waals surface area contributed by atoms with Crippen LogP contribution in [0.15, 0.2) is 36.4 Å². The lowest BCUT2D eigenvalue weighted by molar-refractivity contribution is -0.149. The topological polar surface area (TPSA) is 119 Å². The molecule has 0 saturated heterocycles. The van der Waals surface area contributed by atoms with Crippen LogP contribution in [0.2, 0.25) is 0 Å². The smallest absolute Gasteiger partial charge is 0.333 e. The van der Waals surface area contributed by atoms with Gasteiger partial charge in [-0.15, -0.1) is 20.4 Å². The Morgan fingerprint density at radius 2 is 1.05 bits per heavy atom. The predicted molar refractivity (Wildman–Crippen MR) is 199 cm³/mol. The highest BCUT2D eigenvalue weighted by Crippen LogP contribution is 2.31. The lowest BCUT2D eigenvalue weighted by Crippen LogP contribution is -2.40. The van der Waals surface area contributed by atoms with Crippen LogP contribution in [0, 0.1) is 34.9 Å². The van der Waals surface area contributed by atoms with Crippen LogP contribution < -0.4 is 0 Å². The summed E-state index contributed by atoms with van der Waals surface area (Å²) < 4.78 is 158. The van der Waals surface area contributed by atoms with Gasteiger partial charge in [0.1, 0.15) is 17.4 Å². The molecule has 4 heterocycles. The van der Waals surface area contributed by atoms with Crippen molar-refractivity contribution in [2.75, 3.05) is 13.1 Å². The molecule has 2 aromatic carbocycles. The van der Waals surface area contributed by atoms with E-state index in [2.05, 4.69) is 57.6 Å². The van der Waals surface area contributed by atoms with Gasteiger partial charge in [0.05, 0.1) is 19.5 Å². The lowest BCUT2D eigenvalue weighted by atomic mass is 10.1. The summed E-state index contributed by atoms with van der Waals surface area (Å²) in [5, 5.41) is 13.1. The molecule has 0 radical (unpaired) electrons. The molecule has 0 fully saturated rings. The molecule has 0 aliphatic carbocycles. The number of amides is 2. The summed E-state index contributed by atoms with van der Waals surface area (Å²) in [5.41, 5.74) is -0.531. The Bertz CT molecular complexity index is 2160. The summed E-state index contributed by atoms with van der Waals surface area (Å²) in [6.45, 7) is 3.17. The Balaban J connectivity index is 0.000000291. The van der Waals surface area contributed by atoms with E-state index in [9.17, 15) is 67.1 Å². The first-order chi connectivity index (χ1) is 27.7. The maximum absolute atomic E-state index is 13.6. The molecule has 6 rings (SSSR count). The number of nitrogens with zero attached hydrogens (tertiary/aromatic N) is 8. The van der Waals surface area contributed by atoms with Gasteiger partial charge in [-0.25, -0.2) is 26.3 Å². The van der Waals surface area contributed by atoms with Gasteiger partial charge in [0.15, 0.2) is 34.9 Å². The Morgan fingerprint density at radius 3 is 1.54 bits per heavy atom. The summed E-state index contributed by atoms with van der Waals surface area (Å²) in [5.74, 6) is -11.7. The molecule has 0 bridgehead atoms. The average Bonchev–Trinajstić information content (AvgIpc) is 3.82. The number of benzene rings is 2. The van der Waals surface area contributed by atoms with Gasteiger partial charge in [-0.05, 0) is 35.8 Å². The number of fused-ring (bicyclic) bond motifs is 2. The van der Waals surface area contributed by atoms with Gasteiger partial charge < -0.3 is 18.9 Å². The van der Waals surface area contributed by atoms with Crippen molar-refractivity contribution in [3.8, 4) is 0 Å². The molecule has 2 aliphatic rings. The van der Waals surface area contributed by atoms with E-state index in [-0.39, 0.29) is 62.9 Å². The van der Waals surface area contributed by atoms with Gasteiger partial charge in [-0.1, -0.05) is 19.9 Å². The number of hydrogen-bond acceptors (Lipinski definition) is 7. The zero-order chi connectivity index (χ0) is 44.4. The van der Waals surface area contributed by atoms with Crippen LogP contribution in [0.3, 0.4) is 0 Å². The van der Waals surface area contributed by atoms with Gasteiger partial charge in [0, 0.05) is 82.0 Å². The number of Topliss-reactive ketones (excluding diaryl/α,β-unsaturated/α-hetero) is 1. The fraction of sp³-hybridized carbons (Fsp3) is 0.382. The standard InChI is InChI=1S/C16H12F6N4O2.C16H12F6N4O.C2H6.I2/c17-10-6-12(19)11(18)4-8(10)3-9(27)5-14(28)25-1-2-26-13(7-25)23-24-15(26)16(20,21)22;17-10-7-12(19)11(18)6-9(10)2-1-3-14(27)25-4-5-26-13(8-25)23-24-15(26)16(20,21)22;2*1-2/h4,6H,1-3,5,7H2;1,3,6-7H,2,4-5,8H2;1-2H3;. The molecule has 0 atom stereocenters. The third kappa shape index (κ3) is 12.8. The van der Waals surface area contributed by atoms with Crippen molar-refractivity contribution in [3.05, 3.63) is 106 Å². The highest BCUT2D eigenvalue weighted by Gasteiger charge is 2.41. The molecule has 0 N–H and O–H groups in total. The fourth-order valence-corrected chi connectivity index (χ4v) is 5.50. The molecule has 0 saturated carbocycles. The van der Waals surface area contributed by atoms with Crippen molar-refractivity contribution in [2.24, 2.45) is 0 Å². The summed E-state index contributed by atoms with van der Waals surface area (Å²) in [6, 6.07) is 1.95. The molecule has 4 aromatic rings. The van der Waals surface area contributed by atoms with Gasteiger partial charge in [0.25, 0.3) is 0 Å². The fourth-order valence-electron chi connectivity index (χ4n) is 5.50. The monoisotopic (exact) mass is 1080 g/mol. The SMILES string of the molecule is CC.II.O=C(C=CCc1cc(F)c(F)cc1F)N1CCn2c(nnc2C(F)(F)F)C1.O=C(CC(=O)N1CCn2c(nnc2C(F)(F)F)C1)Cc1cc(F)c(F)cc1F. The van der Waals surface area contributed by atoms with Gasteiger partial charge in [0.2, 0.25) is 23.5 Å². The average molecular weight is 1080 g/mol. The van der Waals surface area contributed by atoms with Crippen molar-refractivity contribution in [1.29, 1.82) is 0 Å². The largest absolute Gasteiger partial charge is 0.451 e. The first-order valence-corrected chi connectivity index (χ1v) is 23.2. The van der Waals surface area contributed by atoms with Crippen LogP contribution in [0.5, 0.6) is 0 Å². The van der Waals surface area contributed by atoms with E-state index in [1.165, 1.54) is 11.0 Å². The third-order valence-corrected chi connectivity index (χ3v) is 8.19. The minimum Gasteiger partial charge on any atom is -0.333 e. The normalized spacial score (nSPS) is 13.6. The van der Waals surface area contributed by atoms with Crippen molar-refractivity contribution in [1.82, 2.24) is 39.3 Å². The van der Waals surface area contributed by atoms with Crippen molar-refractivity contribution in [2.45, 2.75) is 71.6 Å². The highest BCUT2D eigenvalue weighted by atomic mass is 128. The van der Waals surface area contributed by atoms with E-state index in [1.807, 2.05) is 13.8 Å². The van der Waals surface area contributed by atoms with E-state index in [4.69, 9.17) is 0 Å². The minimum absolute atomic E-state index is 0.00183. The molecule has 322 valence electrons. The maximum atomic E-state index is 13.6. The molecular formula is C34H30F12I2N8O3. The van der Waals surface area contributed by atoms with E-state index < -0.39 is 94.9 Å². The molecule has 2 aromatic heterocycles. The molecular weight excluding hydrogens is 1050 g/mol. The Hall–Kier alpha value is -4.31. The second kappa shape index (κ2) is 21.3. The minimum atomic E-state index is -4.68. The predicted octanol–water partition coefficient (Wildman–Crippen LogP) is 7.91. The Labute approximate surface area is 350 Å². The molecule has 25 heteroatoms. The summed E-state index contributed by atoms with van der Waals surface area (Å²) in [4.78, 5) is 38.7. The first-order valence-electron chi connectivity index (χ1n) is 16.9.